The van der Waals surface area contributed by atoms with E-state index in [0.29, 0.717) is 5.56 Å². The Morgan fingerprint density at radius 1 is 0.867 bits per heavy atom. The van der Waals surface area contributed by atoms with Crippen molar-refractivity contribution in [2.24, 2.45) is 0 Å². The zero-order valence-electron chi connectivity index (χ0n) is 15.8. The average molecular weight is 416 g/mol. The molecule has 1 aliphatic rings. The highest BCUT2D eigenvalue weighted by Gasteiger charge is 2.44. The number of fused-ring (bicyclic) bond motifs is 1. The predicted molar refractivity (Wildman–Crippen MR) is 104 cm³/mol. The van der Waals surface area contributed by atoms with Crippen LogP contribution >= 0.6 is 0 Å². The smallest absolute Gasteiger partial charge is 0.197 e. The summed E-state index contributed by atoms with van der Waals surface area (Å²) in [5, 5.41) is 60.5. The van der Waals surface area contributed by atoms with Crippen LogP contribution in [0.25, 0.3) is 22.3 Å². The summed E-state index contributed by atoms with van der Waals surface area (Å²) < 4.78 is 11.4. The lowest BCUT2D eigenvalue weighted by atomic mass is 9.90. The maximum absolute atomic E-state index is 12.7. The number of benzene rings is 2. The molecule has 6 N–H and O–H groups in total. The number of ether oxygens (including phenoxy) is 1. The molecule has 0 bridgehead atoms. The molecule has 0 amide bonds. The highest BCUT2D eigenvalue weighted by atomic mass is 16.5. The minimum atomic E-state index is -1.64. The second kappa shape index (κ2) is 7.29. The van der Waals surface area contributed by atoms with Gasteiger partial charge in [0.1, 0.15) is 52.8 Å². The van der Waals surface area contributed by atoms with Crippen molar-refractivity contribution in [3.05, 3.63) is 52.2 Å². The van der Waals surface area contributed by atoms with Gasteiger partial charge < -0.3 is 39.8 Å². The Morgan fingerprint density at radius 3 is 2.20 bits per heavy atom. The Hall–Kier alpha value is -3.11. The predicted octanol–water partition coefficient (Wildman–Crippen LogP) is 1.12. The first kappa shape index (κ1) is 20.2. The van der Waals surface area contributed by atoms with Crippen molar-refractivity contribution in [2.75, 3.05) is 0 Å². The van der Waals surface area contributed by atoms with Gasteiger partial charge in [0.05, 0.1) is 11.7 Å². The molecule has 4 rings (SSSR count). The van der Waals surface area contributed by atoms with Crippen LogP contribution in [0.1, 0.15) is 18.6 Å². The Labute approximate surface area is 169 Å². The van der Waals surface area contributed by atoms with Crippen LogP contribution in [0.3, 0.4) is 0 Å². The molecule has 0 spiro atoms. The molecular weight excluding hydrogens is 396 g/mol. The normalized spacial score (nSPS) is 26.7. The van der Waals surface area contributed by atoms with E-state index < -0.39 is 47.4 Å². The van der Waals surface area contributed by atoms with Crippen molar-refractivity contribution in [1.29, 1.82) is 0 Å². The summed E-state index contributed by atoms with van der Waals surface area (Å²) in [5.41, 5.74) is -0.555. The SMILES string of the molecule is C[C@@H]1O[C@H](c2c(O)cc(O)c3c(=O)cc(-c4ccc(O)cc4)oc23)[C@H](O)[C@H](O)[C@H]1O. The molecule has 158 valence electrons. The summed E-state index contributed by atoms with van der Waals surface area (Å²) in [5.74, 6) is -0.960. The van der Waals surface area contributed by atoms with Crippen molar-refractivity contribution in [2.45, 2.75) is 37.4 Å². The van der Waals surface area contributed by atoms with Crippen molar-refractivity contribution >= 4 is 11.0 Å². The third-order valence-corrected chi connectivity index (χ3v) is 5.29. The largest absolute Gasteiger partial charge is 0.508 e. The van der Waals surface area contributed by atoms with Crippen LogP contribution in [-0.2, 0) is 4.74 Å². The maximum atomic E-state index is 12.7. The summed E-state index contributed by atoms with van der Waals surface area (Å²) >= 11 is 0. The molecule has 5 atom stereocenters. The van der Waals surface area contributed by atoms with Crippen molar-refractivity contribution in [1.82, 2.24) is 0 Å². The minimum absolute atomic E-state index is 0.0122. The van der Waals surface area contributed by atoms with E-state index in [1.807, 2.05) is 0 Å². The van der Waals surface area contributed by atoms with Crippen LogP contribution in [0.15, 0.2) is 45.6 Å². The zero-order chi connectivity index (χ0) is 21.7. The number of rotatable bonds is 2. The van der Waals surface area contributed by atoms with Gasteiger partial charge in [0, 0.05) is 17.7 Å². The van der Waals surface area contributed by atoms with Gasteiger partial charge in [-0.3, -0.25) is 4.79 Å². The van der Waals surface area contributed by atoms with E-state index >= 15 is 0 Å². The number of aromatic hydroxyl groups is 3. The third-order valence-electron chi connectivity index (χ3n) is 5.29. The first-order chi connectivity index (χ1) is 14.2. The number of phenolic OH excluding ortho intramolecular Hbond substituents is 3. The molecule has 2 aromatic carbocycles. The van der Waals surface area contributed by atoms with E-state index in [0.717, 1.165) is 12.1 Å². The number of phenols is 3. The molecule has 9 nitrogen and oxygen atoms in total. The van der Waals surface area contributed by atoms with Crippen LogP contribution in [0.4, 0.5) is 0 Å². The van der Waals surface area contributed by atoms with E-state index in [1.54, 1.807) is 0 Å². The van der Waals surface area contributed by atoms with E-state index in [-0.39, 0.29) is 28.0 Å². The van der Waals surface area contributed by atoms with Crippen LogP contribution < -0.4 is 5.43 Å². The average Bonchev–Trinajstić information content (AvgIpc) is 2.70. The number of hydrogen-bond acceptors (Lipinski definition) is 9. The lowest BCUT2D eigenvalue weighted by Crippen LogP contribution is -2.53. The van der Waals surface area contributed by atoms with Gasteiger partial charge in [-0.15, -0.1) is 0 Å². The number of hydrogen-bond donors (Lipinski definition) is 6. The lowest BCUT2D eigenvalue weighted by Gasteiger charge is -2.39. The number of aliphatic hydroxyl groups excluding tert-OH is 3. The Morgan fingerprint density at radius 2 is 1.53 bits per heavy atom. The summed E-state index contributed by atoms with van der Waals surface area (Å²) in [6.45, 7) is 1.48. The molecule has 1 aliphatic heterocycles. The third kappa shape index (κ3) is 3.17. The second-order valence-electron chi connectivity index (χ2n) is 7.29. The molecule has 3 aromatic rings. The quantitative estimate of drug-likeness (QED) is 0.360. The highest BCUT2D eigenvalue weighted by molar-refractivity contribution is 5.89. The summed E-state index contributed by atoms with van der Waals surface area (Å²) in [7, 11) is 0. The van der Waals surface area contributed by atoms with Gasteiger partial charge in [0.25, 0.3) is 0 Å². The van der Waals surface area contributed by atoms with Gasteiger partial charge in [-0.1, -0.05) is 0 Å². The fraction of sp³-hybridized carbons (Fsp3) is 0.286. The summed E-state index contributed by atoms with van der Waals surface area (Å²) in [6, 6.07) is 7.88. The van der Waals surface area contributed by atoms with Gasteiger partial charge >= 0.3 is 0 Å². The van der Waals surface area contributed by atoms with Crippen molar-refractivity contribution in [3.63, 3.8) is 0 Å². The Kier molecular flexibility index (Phi) is 4.91. The first-order valence-electron chi connectivity index (χ1n) is 9.20. The molecule has 0 unspecified atom stereocenters. The zero-order valence-corrected chi connectivity index (χ0v) is 15.8. The summed E-state index contributed by atoms with van der Waals surface area (Å²) in [6.07, 6.45) is -6.82. The lowest BCUT2D eigenvalue weighted by molar-refractivity contribution is -0.219. The second-order valence-corrected chi connectivity index (χ2v) is 7.29. The summed E-state index contributed by atoms with van der Waals surface area (Å²) in [4.78, 5) is 12.7. The van der Waals surface area contributed by atoms with E-state index in [2.05, 4.69) is 0 Å². The molecule has 1 fully saturated rings. The van der Waals surface area contributed by atoms with Crippen LogP contribution in [-0.4, -0.2) is 55.1 Å². The topological polar surface area (TPSA) is 161 Å². The van der Waals surface area contributed by atoms with Gasteiger partial charge in [-0.05, 0) is 31.2 Å². The Bertz CT molecular complexity index is 1150. The molecule has 1 aromatic heterocycles. The van der Waals surface area contributed by atoms with Crippen molar-refractivity contribution in [3.8, 4) is 28.6 Å². The van der Waals surface area contributed by atoms with E-state index in [9.17, 15) is 35.4 Å². The van der Waals surface area contributed by atoms with Crippen LogP contribution in [0, 0.1) is 0 Å². The van der Waals surface area contributed by atoms with Crippen LogP contribution in [0.5, 0.6) is 17.2 Å². The molecule has 9 heteroatoms. The standard InChI is InChI=1S/C21H20O9/c1-8-17(26)18(27)19(28)21(29-8)16-12(24)6-11(23)15-13(25)7-14(30-20(15)16)9-2-4-10(22)5-3-9/h2-8,17-19,21-24,26-28H,1H3/t8-,17-,18+,19+,21+/m0/s1. The van der Waals surface area contributed by atoms with Crippen molar-refractivity contribution < 1.29 is 39.8 Å². The maximum Gasteiger partial charge on any atom is 0.197 e. The fourth-order valence-corrected chi connectivity index (χ4v) is 3.65. The molecule has 30 heavy (non-hydrogen) atoms. The van der Waals surface area contributed by atoms with Gasteiger partial charge in [-0.2, -0.15) is 0 Å². The first-order valence-corrected chi connectivity index (χ1v) is 9.20. The molecule has 0 aliphatic carbocycles. The minimum Gasteiger partial charge on any atom is -0.508 e. The number of aliphatic hydroxyl groups is 3. The van der Waals surface area contributed by atoms with Gasteiger partial charge in [0.15, 0.2) is 11.0 Å². The molecular formula is C21H20O9. The molecule has 2 heterocycles. The Balaban J connectivity index is 1.97. The van der Waals surface area contributed by atoms with E-state index in [4.69, 9.17) is 9.15 Å². The molecule has 0 radical (unpaired) electrons. The molecule has 1 saturated heterocycles. The highest BCUT2D eigenvalue weighted by Crippen LogP contribution is 2.43. The van der Waals surface area contributed by atoms with Gasteiger partial charge in [-0.25, -0.2) is 0 Å². The monoisotopic (exact) mass is 416 g/mol. The fourth-order valence-electron chi connectivity index (χ4n) is 3.65. The van der Waals surface area contributed by atoms with Crippen LogP contribution in [0.2, 0.25) is 0 Å². The van der Waals surface area contributed by atoms with E-state index in [1.165, 1.54) is 31.2 Å². The molecule has 0 saturated carbocycles. The van der Waals surface area contributed by atoms with Gasteiger partial charge in [0.2, 0.25) is 0 Å².